The zero-order valence-electron chi connectivity index (χ0n) is 9.63. The number of hydrogen-bond donors (Lipinski definition) is 0. The molecular formula is C12H11F3O3. The molecule has 0 aliphatic carbocycles. The van der Waals surface area contributed by atoms with E-state index in [9.17, 15) is 22.8 Å². The Balaban J connectivity index is 2.74. The second kappa shape index (κ2) is 6.18. The van der Waals surface area contributed by atoms with Crippen molar-refractivity contribution < 1.29 is 27.5 Å². The maximum Gasteiger partial charge on any atom is 0.306 e. The molecule has 3 nitrogen and oxygen atoms in total. The molecule has 0 bridgehead atoms. The third kappa shape index (κ3) is 3.32. The number of ether oxygens (including phenoxy) is 1. The molecule has 98 valence electrons. The lowest BCUT2D eigenvalue weighted by atomic mass is 10.1. The standard InChI is InChI=1S/C12H11F3O3/c1-2-18-10(17)6-5-9(16)7-3-4-8(13)12(15)11(7)14/h3-4H,2,5-6H2,1H3. The van der Waals surface area contributed by atoms with Crippen LogP contribution in [-0.4, -0.2) is 18.4 Å². The molecule has 1 rings (SSSR count). The minimum Gasteiger partial charge on any atom is -0.466 e. The van der Waals surface area contributed by atoms with E-state index in [2.05, 4.69) is 4.74 Å². The number of ketones is 1. The zero-order valence-corrected chi connectivity index (χ0v) is 9.63. The molecule has 0 heterocycles. The van der Waals surface area contributed by atoms with Crippen molar-refractivity contribution in [2.45, 2.75) is 19.8 Å². The first-order valence-corrected chi connectivity index (χ1v) is 5.29. The SMILES string of the molecule is CCOC(=O)CCC(=O)c1ccc(F)c(F)c1F. The van der Waals surface area contributed by atoms with Crippen molar-refractivity contribution in [2.24, 2.45) is 0 Å². The molecule has 0 aliphatic heterocycles. The predicted octanol–water partition coefficient (Wildman–Crippen LogP) is 2.63. The van der Waals surface area contributed by atoms with E-state index in [1.54, 1.807) is 6.92 Å². The Kier molecular flexibility index (Phi) is 4.88. The highest BCUT2D eigenvalue weighted by molar-refractivity contribution is 5.97. The molecule has 0 aromatic heterocycles. The number of Topliss-reactive ketones (excluding diaryl/α,β-unsaturated/α-hetero) is 1. The van der Waals surface area contributed by atoms with Crippen LogP contribution >= 0.6 is 0 Å². The van der Waals surface area contributed by atoms with Gasteiger partial charge in [-0.1, -0.05) is 0 Å². The van der Waals surface area contributed by atoms with Crippen molar-refractivity contribution in [3.63, 3.8) is 0 Å². The highest BCUT2D eigenvalue weighted by atomic mass is 19.2. The normalized spacial score (nSPS) is 10.2. The monoisotopic (exact) mass is 260 g/mol. The van der Waals surface area contributed by atoms with Gasteiger partial charge in [0, 0.05) is 6.42 Å². The van der Waals surface area contributed by atoms with E-state index in [0.717, 1.165) is 6.07 Å². The van der Waals surface area contributed by atoms with Crippen LogP contribution < -0.4 is 0 Å². The highest BCUT2D eigenvalue weighted by Gasteiger charge is 2.19. The van der Waals surface area contributed by atoms with Crippen LogP contribution in [0.3, 0.4) is 0 Å². The van der Waals surface area contributed by atoms with Crippen LogP contribution in [0.25, 0.3) is 0 Å². The third-order valence-electron chi connectivity index (χ3n) is 2.20. The smallest absolute Gasteiger partial charge is 0.306 e. The number of hydrogen-bond acceptors (Lipinski definition) is 3. The van der Waals surface area contributed by atoms with Gasteiger partial charge in [0.15, 0.2) is 23.2 Å². The minimum absolute atomic E-state index is 0.173. The minimum atomic E-state index is -1.70. The Morgan fingerprint density at radius 2 is 1.78 bits per heavy atom. The van der Waals surface area contributed by atoms with Crippen LogP contribution in [0.2, 0.25) is 0 Å². The molecule has 0 amide bonds. The first-order valence-electron chi connectivity index (χ1n) is 5.29. The zero-order chi connectivity index (χ0) is 13.7. The highest BCUT2D eigenvalue weighted by Crippen LogP contribution is 2.17. The summed E-state index contributed by atoms with van der Waals surface area (Å²) in [5.41, 5.74) is -0.571. The largest absolute Gasteiger partial charge is 0.466 e. The van der Waals surface area contributed by atoms with E-state index < -0.39 is 34.8 Å². The molecule has 0 unspecified atom stereocenters. The summed E-state index contributed by atoms with van der Waals surface area (Å²) in [5, 5.41) is 0. The Labute approximate surface area is 102 Å². The summed E-state index contributed by atoms with van der Waals surface area (Å²) in [5.74, 6) is -5.98. The fourth-order valence-electron chi connectivity index (χ4n) is 1.32. The van der Waals surface area contributed by atoms with Crippen LogP contribution in [0.1, 0.15) is 30.1 Å². The van der Waals surface area contributed by atoms with Crippen molar-refractivity contribution in [1.29, 1.82) is 0 Å². The van der Waals surface area contributed by atoms with Crippen molar-refractivity contribution in [1.82, 2.24) is 0 Å². The van der Waals surface area contributed by atoms with E-state index in [4.69, 9.17) is 0 Å². The third-order valence-corrected chi connectivity index (χ3v) is 2.20. The number of carbonyl (C=O) groups excluding carboxylic acids is 2. The number of carbonyl (C=O) groups is 2. The van der Waals surface area contributed by atoms with Gasteiger partial charge < -0.3 is 4.74 Å². The molecule has 6 heteroatoms. The van der Waals surface area contributed by atoms with Gasteiger partial charge in [0.1, 0.15) is 0 Å². The molecule has 0 N–H and O–H groups in total. The maximum absolute atomic E-state index is 13.2. The van der Waals surface area contributed by atoms with E-state index in [0.29, 0.717) is 6.07 Å². The number of halogens is 3. The molecule has 18 heavy (non-hydrogen) atoms. The molecule has 0 spiro atoms. The topological polar surface area (TPSA) is 43.4 Å². The number of rotatable bonds is 5. The summed E-state index contributed by atoms with van der Waals surface area (Å²) in [6.07, 6.45) is -0.550. The summed E-state index contributed by atoms with van der Waals surface area (Å²) < 4.78 is 43.3. The lowest BCUT2D eigenvalue weighted by Crippen LogP contribution is -2.10. The second-order valence-corrected chi connectivity index (χ2v) is 3.45. The summed E-state index contributed by atoms with van der Waals surface area (Å²) >= 11 is 0. The molecule has 1 aromatic carbocycles. The summed E-state index contributed by atoms with van der Waals surface area (Å²) in [6, 6.07) is 1.51. The summed E-state index contributed by atoms with van der Waals surface area (Å²) in [4.78, 5) is 22.5. The van der Waals surface area contributed by atoms with Gasteiger partial charge in [0.25, 0.3) is 0 Å². The van der Waals surface area contributed by atoms with Gasteiger partial charge >= 0.3 is 5.97 Å². The lowest BCUT2D eigenvalue weighted by molar-refractivity contribution is -0.143. The Morgan fingerprint density at radius 1 is 1.11 bits per heavy atom. The second-order valence-electron chi connectivity index (χ2n) is 3.45. The van der Waals surface area contributed by atoms with Crippen LogP contribution in [0.5, 0.6) is 0 Å². The van der Waals surface area contributed by atoms with E-state index in [1.807, 2.05) is 0 Å². The maximum atomic E-state index is 13.2. The lowest BCUT2D eigenvalue weighted by Gasteiger charge is -2.04. The summed E-state index contributed by atoms with van der Waals surface area (Å²) in [6.45, 7) is 1.78. The van der Waals surface area contributed by atoms with E-state index in [1.165, 1.54) is 0 Å². The van der Waals surface area contributed by atoms with Crippen LogP contribution in [0.4, 0.5) is 13.2 Å². The van der Waals surface area contributed by atoms with Gasteiger partial charge in [-0.3, -0.25) is 9.59 Å². The molecular weight excluding hydrogens is 249 g/mol. The van der Waals surface area contributed by atoms with Crippen LogP contribution in [0.15, 0.2) is 12.1 Å². The van der Waals surface area contributed by atoms with Gasteiger partial charge in [0.05, 0.1) is 18.6 Å². The average Bonchev–Trinajstić information content (AvgIpc) is 2.34. The fourth-order valence-corrected chi connectivity index (χ4v) is 1.32. The van der Waals surface area contributed by atoms with Crippen molar-refractivity contribution in [3.8, 4) is 0 Å². The van der Waals surface area contributed by atoms with Gasteiger partial charge in [0.2, 0.25) is 0 Å². The Bertz CT molecular complexity index is 472. The van der Waals surface area contributed by atoms with Gasteiger partial charge in [-0.05, 0) is 19.1 Å². The quantitative estimate of drug-likeness (QED) is 0.464. The summed E-state index contributed by atoms with van der Waals surface area (Å²) in [7, 11) is 0. The molecule has 1 aromatic rings. The van der Waals surface area contributed by atoms with Crippen molar-refractivity contribution in [2.75, 3.05) is 6.61 Å². The predicted molar refractivity (Wildman–Crippen MR) is 56.5 cm³/mol. The van der Waals surface area contributed by atoms with Gasteiger partial charge in [-0.2, -0.15) is 0 Å². The first-order chi connectivity index (χ1) is 8.47. The van der Waals surface area contributed by atoms with Crippen molar-refractivity contribution in [3.05, 3.63) is 35.1 Å². The van der Waals surface area contributed by atoms with Crippen LogP contribution in [0, 0.1) is 17.5 Å². The molecule has 0 saturated heterocycles. The molecule has 0 radical (unpaired) electrons. The number of esters is 1. The number of benzene rings is 1. The first kappa shape index (κ1) is 14.2. The van der Waals surface area contributed by atoms with E-state index in [-0.39, 0.29) is 19.4 Å². The molecule has 0 fully saturated rings. The molecule has 0 saturated carbocycles. The molecule has 0 aliphatic rings. The van der Waals surface area contributed by atoms with E-state index >= 15 is 0 Å². The fraction of sp³-hybridized carbons (Fsp3) is 0.333. The average molecular weight is 260 g/mol. The molecule has 0 atom stereocenters. The van der Waals surface area contributed by atoms with Gasteiger partial charge in [-0.25, -0.2) is 13.2 Å². The van der Waals surface area contributed by atoms with Gasteiger partial charge in [-0.15, -0.1) is 0 Å². The Morgan fingerprint density at radius 3 is 2.39 bits per heavy atom. The Hall–Kier alpha value is -1.85. The van der Waals surface area contributed by atoms with Crippen molar-refractivity contribution >= 4 is 11.8 Å². The van der Waals surface area contributed by atoms with Crippen LogP contribution in [-0.2, 0) is 9.53 Å².